The molecule has 0 N–H and O–H groups in total. The zero-order chi connectivity index (χ0) is 41.9. The number of hydrogen-bond donors (Lipinski definition) is 0. The number of hydrogen-bond acceptors (Lipinski definition) is 4. The number of aryl methyl sites for hydroxylation is 2. The molecule has 0 spiro atoms. The van der Waals surface area contributed by atoms with Crippen molar-refractivity contribution in [1.82, 2.24) is 24.1 Å². The van der Waals surface area contributed by atoms with Gasteiger partial charge in [0.15, 0.2) is 23.2 Å². The number of fused-ring (bicyclic) bond motifs is 6. The van der Waals surface area contributed by atoms with Gasteiger partial charge in [0.25, 0.3) is 0 Å². The molecule has 0 aliphatic carbocycles. The summed E-state index contributed by atoms with van der Waals surface area (Å²) in [5, 5.41) is 14.4. The second kappa shape index (κ2) is 14.6. The molecule has 0 unspecified atom stereocenters. The van der Waals surface area contributed by atoms with Crippen LogP contribution >= 0.6 is 0 Å². The van der Waals surface area contributed by atoms with Crippen molar-refractivity contribution in [2.24, 2.45) is 0 Å². The molecule has 7 heteroatoms. The summed E-state index contributed by atoms with van der Waals surface area (Å²) in [5.41, 5.74) is 13.6. The highest BCUT2D eigenvalue weighted by atomic mass is 15.0. The quantitative estimate of drug-likeness (QED) is 0.157. The van der Waals surface area contributed by atoms with E-state index < -0.39 is 0 Å². The second-order valence-electron chi connectivity index (χ2n) is 15.7. The predicted molar refractivity (Wildman–Crippen MR) is 251 cm³/mol. The highest BCUT2D eigenvalue weighted by Gasteiger charge is 2.21. The van der Waals surface area contributed by atoms with E-state index in [0.29, 0.717) is 34.3 Å². The van der Waals surface area contributed by atoms with E-state index in [1.165, 1.54) is 27.3 Å². The normalized spacial score (nSPS) is 11.4. The van der Waals surface area contributed by atoms with Crippen LogP contribution in [0, 0.1) is 31.8 Å². The minimum absolute atomic E-state index is 0.400. The zero-order valence-corrected chi connectivity index (χ0v) is 33.9. The van der Waals surface area contributed by atoms with Crippen LogP contribution in [-0.4, -0.2) is 24.1 Å². The van der Waals surface area contributed by atoms with Gasteiger partial charge in [-0.05, 0) is 104 Å². The van der Waals surface area contributed by atoms with E-state index >= 15 is 0 Å². The molecular formula is C55H35N7. The summed E-state index contributed by atoms with van der Waals surface area (Å²) in [4.78, 5) is 19.5. The van der Waals surface area contributed by atoms with E-state index in [1.807, 2.05) is 72.8 Å². The Labute approximate surface area is 357 Å². The van der Waals surface area contributed by atoms with Crippen LogP contribution in [0.2, 0.25) is 0 Å². The fraction of sp³-hybridized carbons (Fsp3) is 0.0364. The van der Waals surface area contributed by atoms with Gasteiger partial charge >= 0.3 is 0 Å². The third-order valence-electron chi connectivity index (χ3n) is 11.8. The lowest BCUT2D eigenvalue weighted by molar-refractivity contribution is 1.07. The summed E-state index contributed by atoms with van der Waals surface area (Å²) in [6, 6.07) is 62.0. The van der Waals surface area contributed by atoms with Crippen LogP contribution < -0.4 is 0 Å². The lowest BCUT2D eigenvalue weighted by Gasteiger charge is -2.16. The van der Waals surface area contributed by atoms with E-state index in [1.54, 1.807) is 0 Å². The van der Waals surface area contributed by atoms with Gasteiger partial charge in [-0.25, -0.2) is 19.8 Å². The lowest BCUT2D eigenvalue weighted by atomic mass is 9.97. The molecule has 290 valence electrons. The van der Waals surface area contributed by atoms with E-state index in [-0.39, 0.29) is 0 Å². The Morgan fingerprint density at radius 1 is 0.452 bits per heavy atom. The summed E-state index contributed by atoms with van der Waals surface area (Å²) in [6.07, 6.45) is 0. The molecule has 0 atom stereocenters. The molecular weight excluding hydrogens is 759 g/mol. The van der Waals surface area contributed by atoms with Gasteiger partial charge in [0, 0.05) is 49.6 Å². The third-order valence-corrected chi connectivity index (χ3v) is 11.8. The van der Waals surface area contributed by atoms with Crippen LogP contribution in [0.1, 0.15) is 16.7 Å². The minimum Gasteiger partial charge on any atom is -0.311 e. The molecule has 0 radical (unpaired) electrons. The van der Waals surface area contributed by atoms with Gasteiger partial charge < -0.3 is 9.13 Å². The first-order valence-electron chi connectivity index (χ1n) is 20.4. The number of rotatable bonds is 6. The van der Waals surface area contributed by atoms with Crippen LogP contribution in [0.3, 0.4) is 0 Å². The molecule has 0 aliphatic heterocycles. The van der Waals surface area contributed by atoms with Gasteiger partial charge in [-0.15, -0.1) is 0 Å². The average molecular weight is 794 g/mol. The Hall–Kier alpha value is -8.65. The van der Waals surface area contributed by atoms with Crippen molar-refractivity contribution in [3.8, 4) is 62.7 Å². The number of para-hydroxylation sites is 2. The van der Waals surface area contributed by atoms with Gasteiger partial charge in [0.2, 0.25) is 0 Å². The number of benzene rings is 8. The molecule has 0 saturated carbocycles. The monoisotopic (exact) mass is 793 g/mol. The molecule has 7 nitrogen and oxygen atoms in total. The Kier molecular flexibility index (Phi) is 8.56. The van der Waals surface area contributed by atoms with Gasteiger partial charge in [-0.2, -0.15) is 5.26 Å². The molecule has 0 bridgehead atoms. The fourth-order valence-corrected chi connectivity index (χ4v) is 8.83. The summed E-state index contributed by atoms with van der Waals surface area (Å²) < 4.78 is 4.53. The summed E-state index contributed by atoms with van der Waals surface area (Å²) in [7, 11) is 0. The molecule has 11 aromatic rings. The van der Waals surface area contributed by atoms with Crippen molar-refractivity contribution in [3.63, 3.8) is 0 Å². The molecule has 3 aromatic heterocycles. The molecule has 3 heterocycles. The van der Waals surface area contributed by atoms with Crippen molar-refractivity contribution in [1.29, 1.82) is 5.26 Å². The number of aromatic nitrogens is 5. The van der Waals surface area contributed by atoms with Crippen molar-refractivity contribution in [2.45, 2.75) is 13.8 Å². The predicted octanol–water partition coefficient (Wildman–Crippen LogP) is 13.8. The standard InChI is InChI=1S/C55H35N7/c1-34-17-27-51-46(29-34)41-13-7-9-15-49(41)61(51)39-23-25-43(45(31-39)37-21-19-36(33-56)20-22-37)54-58-53(38-11-5-4-6-12-38)59-55(60-54)44-26-24-40(32-48(44)57-3)62-50-16-10-8-14-42(50)47-30-35(2)18-28-52(47)62/h4-32H,1-2H3. The summed E-state index contributed by atoms with van der Waals surface area (Å²) in [6.45, 7) is 12.7. The summed E-state index contributed by atoms with van der Waals surface area (Å²) >= 11 is 0. The number of nitrogens with zero attached hydrogens (tertiary/aromatic N) is 7. The van der Waals surface area contributed by atoms with Crippen LogP contribution in [0.5, 0.6) is 0 Å². The van der Waals surface area contributed by atoms with Crippen molar-refractivity contribution in [3.05, 3.63) is 204 Å². The first-order chi connectivity index (χ1) is 30.4. The van der Waals surface area contributed by atoms with Crippen LogP contribution in [-0.2, 0) is 0 Å². The fourth-order valence-electron chi connectivity index (χ4n) is 8.83. The molecule has 62 heavy (non-hydrogen) atoms. The molecule has 0 saturated heterocycles. The van der Waals surface area contributed by atoms with Gasteiger partial charge in [-0.3, -0.25) is 0 Å². The van der Waals surface area contributed by atoms with E-state index in [9.17, 15) is 5.26 Å². The van der Waals surface area contributed by atoms with Crippen molar-refractivity contribution < 1.29 is 0 Å². The largest absolute Gasteiger partial charge is 0.311 e. The van der Waals surface area contributed by atoms with Gasteiger partial charge in [0.05, 0.1) is 40.3 Å². The first-order valence-corrected chi connectivity index (χ1v) is 20.4. The van der Waals surface area contributed by atoms with E-state index in [0.717, 1.165) is 61.1 Å². The van der Waals surface area contributed by atoms with Crippen LogP contribution in [0.15, 0.2) is 176 Å². The zero-order valence-electron chi connectivity index (χ0n) is 33.9. The Bertz CT molecular complexity index is 3670. The van der Waals surface area contributed by atoms with E-state index in [2.05, 4.69) is 137 Å². The van der Waals surface area contributed by atoms with Crippen molar-refractivity contribution >= 4 is 49.3 Å². The maximum Gasteiger partial charge on any atom is 0.200 e. The third kappa shape index (κ3) is 6.00. The maximum absolute atomic E-state index is 9.71. The van der Waals surface area contributed by atoms with Crippen molar-refractivity contribution in [2.75, 3.05) is 0 Å². The smallest absolute Gasteiger partial charge is 0.200 e. The average Bonchev–Trinajstić information content (AvgIpc) is 3.83. The molecule has 0 fully saturated rings. The minimum atomic E-state index is 0.400. The first kappa shape index (κ1) is 36.4. The SMILES string of the molecule is [C-]#[N+]c1cc(-n2c3ccccc3c3cc(C)ccc32)ccc1-c1nc(-c2ccccc2)nc(-c2ccc(-n3c4ccccc4c4cc(C)ccc43)cc2-c2ccc(C#N)cc2)n1. The molecule has 0 amide bonds. The summed E-state index contributed by atoms with van der Waals surface area (Å²) in [5.74, 6) is 1.36. The Balaban J connectivity index is 1.12. The Morgan fingerprint density at radius 3 is 1.56 bits per heavy atom. The van der Waals surface area contributed by atoms with E-state index in [4.69, 9.17) is 21.5 Å². The van der Waals surface area contributed by atoms with Gasteiger partial charge in [-0.1, -0.05) is 108 Å². The second-order valence-corrected chi connectivity index (χ2v) is 15.7. The Morgan fingerprint density at radius 2 is 0.968 bits per heavy atom. The topological polar surface area (TPSA) is 76.7 Å². The highest BCUT2D eigenvalue weighted by Crippen LogP contribution is 2.40. The number of nitriles is 1. The lowest BCUT2D eigenvalue weighted by Crippen LogP contribution is -2.02. The maximum atomic E-state index is 9.71. The molecule has 8 aromatic carbocycles. The van der Waals surface area contributed by atoms with Crippen LogP contribution in [0.25, 0.3) is 105 Å². The molecule has 0 aliphatic rings. The molecule has 11 rings (SSSR count). The highest BCUT2D eigenvalue weighted by molar-refractivity contribution is 6.10. The van der Waals surface area contributed by atoms with Crippen LogP contribution in [0.4, 0.5) is 5.69 Å². The van der Waals surface area contributed by atoms with Gasteiger partial charge in [0.1, 0.15) is 0 Å².